The fourth-order valence-corrected chi connectivity index (χ4v) is 5.62. The summed E-state index contributed by atoms with van der Waals surface area (Å²) in [5.74, 6) is -2.45. The number of sulfonamides is 1. The highest BCUT2D eigenvalue weighted by Gasteiger charge is 2.33. The lowest BCUT2D eigenvalue weighted by Crippen LogP contribution is -2.19. The Balaban J connectivity index is 1.55. The van der Waals surface area contributed by atoms with E-state index >= 15 is 0 Å². The molecule has 0 fully saturated rings. The summed E-state index contributed by atoms with van der Waals surface area (Å²) in [5.41, 5.74) is 0.893. The molecule has 5 rings (SSSR count). The van der Waals surface area contributed by atoms with Gasteiger partial charge in [-0.2, -0.15) is 17.6 Å². The quantitative estimate of drug-likeness (QED) is 0.207. The van der Waals surface area contributed by atoms with Crippen molar-refractivity contribution in [1.29, 1.82) is 0 Å². The van der Waals surface area contributed by atoms with E-state index in [0.29, 0.717) is 23.1 Å². The summed E-state index contributed by atoms with van der Waals surface area (Å²) in [7, 11) is -4.16. The lowest BCUT2D eigenvalue weighted by atomic mass is 9.82. The van der Waals surface area contributed by atoms with Gasteiger partial charge in [0.05, 0.1) is 22.6 Å². The molecule has 0 radical (unpaired) electrons. The van der Waals surface area contributed by atoms with E-state index in [-0.39, 0.29) is 34.2 Å². The first kappa shape index (κ1) is 27.1. The molecule has 0 spiro atoms. The molecule has 7 nitrogen and oxygen atoms in total. The van der Waals surface area contributed by atoms with Crippen molar-refractivity contribution in [2.75, 3.05) is 11.3 Å². The third-order valence-corrected chi connectivity index (χ3v) is 7.84. The van der Waals surface area contributed by atoms with Crippen molar-refractivity contribution in [2.45, 2.75) is 23.4 Å². The van der Waals surface area contributed by atoms with Crippen LogP contribution >= 0.6 is 0 Å². The number of carboxylic acid groups (broad SMARTS) is 1. The molecule has 3 aromatic carbocycles. The van der Waals surface area contributed by atoms with E-state index in [1.807, 2.05) is 0 Å². The molecule has 12 heteroatoms. The first-order valence-electron chi connectivity index (χ1n) is 11.9. The van der Waals surface area contributed by atoms with Crippen molar-refractivity contribution in [3.8, 4) is 16.9 Å². The lowest BCUT2D eigenvalue weighted by molar-refractivity contribution is -0.137. The zero-order valence-electron chi connectivity index (χ0n) is 20.4. The SMILES string of the molecule is O=C(O)c1ccc(-c2cc(C(F)(F)F)ccc2C2CCOc3cc(S(=O)(=O)Nc4cccc(F)n4)ccc32)cc1. The summed E-state index contributed by atoms with van der Waals surface area (Å²) in [5, 5.41) is 9.21. The van der Waals surface area contributed by atoms with E-state index in [9.17, 15) is 35.9 Å². The Hall–Kier alpha value is -4.45. The molecule has 0 amide bonds. The van der Waals surface area contributed by atoms with Crippen LogP contribution in [0, 0.1) is 5.95 Å². The molecule has 0 saturated carbocycles. The molecular formula is C28H20F4N2O5S. The number of aromatic carboxylic acids is 1. The van der Waals surface area contributed by atoms with Crippen molar-refractivity contribution < 1.29 is 40.6 Å². The minimum Gasteiger partial charge on any atom is -0.493 e. The zero-order valence-corrected chi connectivity index (χ0v) is 21.3. The standard InChI is InChI=1S/C28H20F4N2O5S/c29-25-2-1-3-26(33-25)34-40(37,38)19-9-11-22-21(12-13-39-24(22)15-19)20-10-8-18(28(30,31)32)14-23(20)16-4-6-17(7-5-16)27(35)36/h1-11,14-15,21H,12-13H2,(H,33,34)(H,35,36). The molecule has 0 saturated heterocycles. The summed E-state index contributed by atoms with van der Waals surface area (Å²) in [6.07, 6.45) is -4.20. The summed E-state index contributed by atoms with van der Waals surface area (Å²) in [4.78, 5) is 14.6. The van der Waals surface area contributed by atoms with E-state index < -0.39 is 39.6 Å². The highest BCUT2D eigenvalue weighted by atomic mass is 32.2. The smallest absolute Gasteiger partial charge is 0.416 e. The number of nitrogens with zero attached hydrogens (tertiary/aromatic N) is 1. The zero-order chi connectivity index (χ0) is 28.7. The molecule has 0 aliphatic carbocycles. The van der Waals surface area contributed by atoms with Crippen LogP contribution in [-0.2, 0) is 16.2 Å². The van der Waals surface area contributed by atoms with Gasteiger partial charge < -0.3 is 9.84 Å². The van der Waals surface area contributed by atoms with E-state index in [1.165, 1.54) is 60.7 Å². The molecule has 2 N–H and O–H groups in total. The van der Waals surface area contributed by atoms with Gasteiger partial charge in [-0.3, -0.25) is 4.72 Å². The first-order valence-corrected chi connectivity index (χ1v) is 13.4. The Labute approximate surface area is 226 Å². The number of hydrogen-bond donors (Lipinski definition) is 2. The Kier molecular flexibility index (Phi) is 6.96. The lowest BCUT2D eigenvalue weighted by Gasteiger charge is -2.29. The van der Waals surface area contributed by atoms with Crippen molar-refractivity contribution >= 4 is 21.8 Å². The number of pyridine rings is 1. The molecule has 1 unspecified atom stereocenters. The summed E-state index contributed by atoms with van der Waals surface area (Å²) in [6.45, 7) is 0.165. The Bertz CT molecular complexity index is 1710. The third-order valence-electron chi connectivity index (χ3n) is 6.49. The Morgan fingerprint density at radius 3 is 2.38 bits per heavy atom. The molecule has 2 heterocycles. The second-order valence-electron chi connectivity index (χ2n) is 9.02. The molecule has 206 valence electrons. The average molecular weight is 573 g/mol. The predicted octanol–water partition coefficient (Wildman–Crippen LogP) is 6.32. The molecular weight excluding hydrogens is 552 g/mol. The van der Waals surface area contributed by atoms with Gasteiger partial charge in [-0.05, 0) is 65.6 Å². The van der Waals surface area contributed by atoms with Crippen molar-refractivity contribution in [3.63, 3.8) is 0 Å². The first-order chi connectivity index (χ1) is 18.9. The number of ether oxygens (including phenoxy) is 1. The number of halogens is 4. The summed E-state index contributed by atoms with van der Waals surface area (Å²) in [6, 6.07) is 16.7. The van der Waals surface area contributed by atoms with Crippen LogP contribution in [-0.4, -0.2) is 31.1 Å². The van der Waals surface area contributed by atoms with Gasteiger partial charge in [0.15, 0.2) is 0 Å². The van der Waals surface area contributed by atoms with Gasteiger partial charge in [0, 0.05) is 17.5 Å². The van der Waals surface area contributed by atoms with Gasteiger partial charge in [0.25, 0.3) is 10.0 Å². The number of fused-ring (bicyclic) bond motifs is 1. The molecule has 4 aromatic rings. The fourth-order valence-electron chi connectivity index (χ4n) is 4.60. The highest BCUT2D eigenvalue weighted by molar-refractivity contribution is 7.92. The number of carboxylic acids is 1. The van der Waals surface area contributed by atoms with E-state index in [1.54, 1.807) is 0 Å². The highest BCUT2D eigenvalue weighted by Crippen LogP contribution is 2.44. The van der Waals surface area contributed by atoms with Gasteiger partial charge in [-0.1, -0.05) is 30.3 Å². The molecule has 0 bridgehead atoms. The van der Waals surface area contributed by atoms with Crippen LogP contribution in [0.25, 0.3) is 11.1 Å². The number of alkyl halides is 3. The van der Waals surface area contributed by atoms with Gasteiger partial charge >= 0.3 is 12.1 Å². The van der Waals surface area contributed by atoms with Crippen LogP contribution in [0.1, 0.15) is 39.4 Å². The van der Waals surface area contributed by atoms with Crippen molar-refractivity contribution in [1.82, 2.24) is 4.98 Å². The van der Waals surface area contributed by atoms with Gasteiger partial charge in [-0.25, -0.2) is 18.2 Å². The number of rotatable bonds is 6. The molecule has 40 heavy (non-hydrogen) atoms. The Morgan fingerprint density at radius 1 is 0.975 bits per heavy atom. The minimum absolute atomic E-state index is 0.00974. The van der Waals surface area contributed by atoms with E-state index in [0.717, 1.165) is 18.2 Å². The second kappa shape index (κ2) is 10.3. The number of anilines is 1. The summed E-state index contributed by atoms with van der Waals surface area (Å²) >= 11 is 0. The van der Waals surface area contributed by atoms with Gasteiger partial charge in [0.1, 0.15) is 11.6 Å². The number of hydrogen-bond acceptors (Lipinski definition) is 5. The maximum atomic E-state index is 13.6. The maximum Gasteiger partial charge on any atom is 0.416 e. The van der Waals surface area contributed by atoms with Crippen LogP contribution in [0.4, 0.5) is 23.4 Å². The van der Waals surface area contributed by atoms with Crippen LogP contribution in [0.5, 0.6) is 5.75 Å². The fraction of sp³-hybridized carbons (Fsp3) is 0.143. The molecule has 1 aliphatic rings. The van der Waals surface area contributed by atoms with Crippen LogP contribution in [0.3, 0.4) is 0 Å². The predicted molar refractivity (Wildman–Crippen MR) is 137 cm³/mol. The minimum atomic E-state index is -4.60. The number of benzene rings is 3. The normalized spacial score (nSPS) is 15.2. The van der Waals surface area contributed by atoms with Gasteiger partial charge in [0.2, 0.25) is 5.95 Å². The van der Waals surface area contributed by atoms with Crippen LogP contribution in [0.15, 0.2) is 83.8 Å². The maximum absolute atomic E-state index is 13.6. The number of nitrogens with one attached hydrogen (secondary N) is 1. The van der Waals surface area contributed by atoms with Crippen LogP contribution < -0.4 is 9.46 Å². The van der Waals surface area contributed by atoms with Crippen molar-refractivity contribution in [2.24, 2.45) is 0 Å². The number of aromatic nitrogens is 1. The topological polar surface area (TPSA) is 106 Å². The van der Waals surface area contributed by atoms with E-state index in [4.69, 9.17) is 4.74 Å². The summed E-state index contributed by atoms with van der Waals surface area (Å²) < 4.78 is 88.0. The molecule has 1 atom stereocenters. The molecule has 1 aromatic heterocycles. The van der Waals surface area contributed by atoms with Crippen LogP contribution in [0.2, 0.25) is 0 Å². The average Bonchev–Trinajstić information content (AvgIpc) is 2.91. The largest absolute Gasteiger partial charge is 0.493 e. The molecule has 1 aliphatic heterocycles. The monoisotopic (exact) mass is 572 g/mol. The van der Waals surface area contributed by atoms with Crippen molar-refractivity contribution in [3.05, 3.63) is 107 Å². The Morgan fingerprint density at radius 2 is 1.70 bits per heavy atom. The van der Waals surface area contributed by atoms with Gasteiger partial charge in [-0.15, -0.1) is 0 Å². The number of carbonyl (C=O) groups is 1. The second-order valence-corrected chi connectivity index (χ2v) is 10.7. The third kappa shape index (κ3) is 5.48. The van der Waals surface area contributed by atoms with E-state index in [2.05, 4.69) is 9.71 Å².